The fourth-order valence-electron chi connectivity index (χ4n) is 1.65. The van der Waals surface area contributed by atoms with Gasteiger partial charge in [-0.25, -0.2) is 0 Å². The Morgan fingerprint density at radius 1 is 0.500 bits per heavy atom. The highest BCUT2D eigenvalue weighted by Crippen LogP contribution is 2.20. The molecule has 0 aliphatic rings. The van der Waals surface area contributed by atoms with Crippen LogP contribution in [0.1, 0.15) is 52.7 Å². The molecule has 0 N–H and O–H groups in total. The Morgan fingerprint density at radius 3 is 1.05 bits per heavy atom. The van der Waals surface area contributed by atoms with Gasteiger partial charge in [0, 0.05) is 0 Å². The van der Waals surface area contributed by atoms with Crippen LogP contribution in [0, 0.1) is 13.8 Å². The Bertz CT molecular complexity index is 398. The van der Waals surface area contributed by atoms with Crippen molar-refractivity contribution in [1.82, 2.24) is 0 Å². The zero-order valence-electron chi connectivity index (χ0n) is 14.6. The average molecular weight is 272 g/mol. The van der Waals surface area contributed by atoms with Crippen LogP contribution in [0.5, 0.6) is 0 Å². The van der Waals surface area contributed by atoms with Gasteiger partial charge in [-0.1, -0.05) is 101 Å². The standard InChI is InChI=1S/C14H14.3C2H6/c1-11-5-3-7-13(9-11)14-8-4-6-12(2)10-14;3*1-2/h3-10H,1-2H3;3*1-2H3. The van der Waals surface area contributed by atoms with E-state index >= 15 is 0 Å². The molecule has 0 radical (unpaired) electrons. The first-order chi connectivity index (χ1) is 9.75. The Kier molecular flexibility index (Phi) is 14.4. The third-order valence-electron chi connectivity index (χ3n) is 2.37. The second-order valence-corrected chi connectivity index (χ2v) is 3.74. The first-order valence-corrected chi connectivity index (χ1v) is 7.89. The lowest BCUT2D eigenvalue weighted by molar-refractivity contribution is 1.44. The van der Waals surface area contributed by atoms with Crippen molar-refractivity contribution in [2.45, 2.75) is 55.4 Å². The zero-order chi connectivity index (χ0) is 16.0. The first-order valence-electron chi connectivity index (χ1n) is 7.89. The van der Waals surface area contributed by atoms with Crippen molar-refractivity contribution in [3.05, 3.63) is 59.7 Å². The molecule has 2 aromatic rings. The minimum absolute atomic E-state index is 1.30. The van der Waals surface area contributed by atoms with Crippen LogP contribution in [0.25, 0.3) is 11.1 Å². The Balaban J connectivity index is 0. The van der Waals surface area contributed by atoms with E-state index in [4.69, 9.17) is 0 Å². The third kappa shape index (κ3) is 7.78. The summed E-state index contributed by atoms with van der Waals surface area (Å²) in [6.45, 7) is 16.2. The molecule has 0 unspecified atom stereocenters. The number of hydrogen-bond acceptors (Lipinski definition) is 0. The molecule has 0 nitrogen and oxygen atoms in total. The highest BCUT2D eigenvalue weighted by Gasteiger charge is 1.96. The number of benzene rings is 2. The van der Waals surface area contributed by atoms with E-state index < -0.39 is 0 Å². The van der Waals surface area contributed by atoms with Gasteiger partial charge >= 0.3 is 0 Å². The summed E-state index contributed by atoms with van der Waals surface area (Å²) < 4.78 is 0. The molecule has 2 rings (SSSR count). The Hall–Kier alpha value is -1.56. The van der Waals surface area contributed by atoms with Crippen LogP contribution in [0.15, 0.2) is 48.5 Å². The predicted octanol–water partition coefficient (Wildman–Crippen LogP) is 7.05. The van der Waals surface area contributed by atoms with Crippen molar-refractivity contribution in [3.63, 3.8) is 0 Å². The van der Waals surface area contributed by atoms with Crippen molar-refractivity contribution in [1.29, 1.82) is 0 Å². The normalized spacial score (nSPS) is 8.00. The molecule has 2 aromatic carbocycles. The maximum absolute atomic E-state index is 2.22. The van der Waals surface area contributed by atoms with E-state index in [0.717, 1.165) is 0 Å². The number of hydrogen-bond donors (Lipinski definition) is 0. The quantitative estimate of drug-likeness (QED) is 0.521. The van der Waals surface area contributed by atoms with E-state index in [-0.39, 0.29) is 0 Å². The van der Waals surface area contributed by atoms with E-state index in [9.17, 15) is 0 Å². The molecule has 0 spiro atoms. The van der Waals surface area contributed by atoms with Crippen LogP contribution >= 0.6 is 0 Å². The van der Waals surface area contributed by atoms with Crippen LogP contribution in [0.4, 0.5) is 0 Å². The third-order valence-corrected chi connectivity index (χ3v) is 2.37. The van der Waals surface area contributed by atoms with Crippen LogP contribution in [-0.2, 0) is 0 Å². The van der Waals surface area contributed by atoms with Gasteiger partial charge in [0.05, 0.1) is 0 Å². The summed E-state index contributed by atoms with van der Waals surface area (Å²) in [5.41, 5.74) is 5.22. The molecular formula is C20H32. The fourth-order valence-corrected chi connectivity index (χ4v) is 1.65. The molecule has 0 aromatic heterocycles. The molecule has 0 heterocycles. The minimum atomic E-state index is 1.30. The summed E-state index contributed by atoms with van der Waals surface area (Å²) in [7, 11) is 0. The highest BCUT2D eigenvalue weighted by molar-refractivity contribution is 5.64. The van der Waals surface area contributed by atoms with E-state index in [2.05, 4.69) is 62.4 Å². The van der Waals surface area contributed by atoms with Gasteiger partial charge in [0.1, 0.15) is 0 Å². The van der Waals surface area contributed by atoms with Gasteiger partial charge in [-0.3, -0.25) is 0 Å². The van der Waals surface area contributed by atoms with Crippen molar-refractivity contribution < 1.29 is 0 Å². The molecular weight excluding hydrogens is 240 g/mol. The van der Waals surface area contributed by atoms with Gasteiger partial charge in [0.25, 0.3) is 0 Å². The SMILES string of the molecule is CC.CC.CC.Cc1cccc(-c2cccc(C)c2)c1. The van der Waals surface area contributed by atoms with Crippen molar-refractivity contribution in [2.75, 3.05) is 0 Å². The summed E-state index contributed by atoms with van der Waals surface area (Å²) in [6, 6.07) is 17.2. The molecule has 0 aliphatic carbocycles. The summed E-state index contributed by atoms with van der Waals surface area (Å²) in [5, 5.41) is 0. The van der Waals surface area contributed by atoms with E-state index in [0.29, 0.717) is 0 Å². The Morgan fingerprint density at radius 2 is 0.800 bits per heavy atom. The highest BCUT2D eigenvalue weighted by atomic mass is 14.0. The zero-order valence-corrected chi connectivity index (χ0v) is 14.6. The molecule has 0 atom stereocenters. The lowest BCUT2D eigenvalue weighted by Gasteiger charge is -2.03. The number of rotatable bonds is 1. The van der Waals surface area contributed by atoms with E-state index in [1.165, 1.54) is 22.3 Å². The molecule has 0 heteroatoms. The van der Waals surface area contributed by atoms with Crippen molar-refractivity contribution in [3.8, 4) is 11.1 Å². The maximum Gasteiger partial charge on any atom is -0.0181 e. The summed E-state index contributed by atoms with van der Waals surface area (Å²) in [6.07, 6.45) is 0. The molecule has 0 saturated carbocycles. The van der Waals surface area contributed by atoms with Crippen molar-refractivity contribution in [2.24, 2.45) is 0 Å². The second kappa shape index (κ2) is 13.9. The van der Waals surface area contributed by atoms with Gasteiger partial charge in [-0.2, -0.15) is 0 Å². The molecule has 20 heavy (non-hydrogen) atoms. The molecule has 112 valence electrons. The molecule has 0 saturated heterocycles. The van der Waals surface area contributed by atoms with Crippen LogP contribution in [0.2, 0.25) is 0 Å². The molecule has 0 bridgehead atoms. The van der Waals surface area contributed by atoms with Gasteiger partial charge in [-0.05, 0) is 25.0 Å². The summed E-state index contributed by atoms with van der Waals surface area (Å²) in [5.74, 6) is 0. The lowest BCUT2D eigenvalue weighted by atomic mass is 10.0. The van der Waals surface area contributed by atoms with Gasteiger partial charge in [0.2, 0.25) is 0 Å². The van der Waals surface area contributed by atoms with Crippen LogP contribution in [-0.4, -0.2) is 0 Å². The van der Waals surface area contributed by atoms with Crippen LogP contribution in [0.3, 0.4) is 0 Å². The lowest BCUT2D eigenvalue weighted by Crippen LogP contribution is -1.80. The van der Waals surface area contributed by atoms with E-state index in [1.54, 1.807) is 0 Å². The molecule has 0 amide bonds. The maximum atomic E-state index is 2.22. The number of aryl methyl sites for hydroxylation is 2. The van der Waals surface area contributed by atoms with Crippen LogP contribution < -0.4 is 0 Å². The predicted molar refractivity (Wildman–Crippen MR) is 95.4 cm³/mol. The van der Waals surface area contributed by atoms with Gasteiger partial charge < -0.3 is 0 Å². The van der Waals surface area contributed by atoms with Crippen molar-refractivity contribution >= 4 is 0 Å². The summed E-state index contributed by atoms with van der Waals surface area (Å²) >= 11 is 0. The topological polar surface area (TPSA) is 0 Å². The smallest absolute Gasteiger partial charge is 0.0181 e. The monoisotopic (exact) mass is 272 g/mol. The van der Waals surface area contributed by atoms with Gasteiger partial charge in [-0.15, -0.1) is 0 Å². The molecule has 0 fully saturated rings. The largest absolute Gasteiger partial charge is 0.0683 e. The average Bonchev–Trinajstić information content (AvgIpc) is 2.53. The Labute approximate surface area is 126 Å². The van der Waals surface area contributed by atoms with Gasteiger partial charge in [0.15, 0.2) is 0 Å². The first kappa shape index (κ1) is 20.8. The minimum Gasteiger partial charge on any atom is -0.0683 e. The fraction of sp³-hybridized carbons (Fsp3) is 0.400. The second-order valence-electron chi connectivity index (χ2n) is 3.74. The van der Waals surface area contributed by atoms with E-state index in [1.807, 2.05) is 41.5 Å². The summed E-state index contributed by atoms with van der Waals surface area (Å²) in [4.78, 5) is 0. The molecule has 0 aliphatic heterocycles.